The van der Waals surface area contributed by atoms with Crippen molar-refractivity contribution in [2.24, 2.45) is 0 Å². The molecule has 0 unspecified atom stereocenters. The average molecular weight is 335 g/mol. The van der Waals surface area contributed by atoms with Gasteiger partial charge >= 0.3 is 0 Å². The number of hydrogen-bond donors (Lipinski definition) is 1. The van der Waals surface area contributed by atoms with E-state index >= 15 is 0 Å². The van der Waals surface area contributed by atoms with Gasteiger partial charge in [0.25, 0.3) is 0 Å². The summed E-state index contributed by atoms with van der Waals surface area (Å²) in [6, 6.07) is 18.7. The van der Waals surface area contributed by atoms with Gasteiger partial charge in [-0.3, -0.25) is 0 Å². The molecule has 0 spiro atoms. The molecule has 0 saturated carbocycles. The predicted molar refractivity (Wildman–Crippen MR) is 100 cm³/mol. The SMILES string of the molecule is CC(C)(C)c1ccc(-c2nnc(CNCCc3ccccc3)o2)cc1. The van der Waals surface area contributed by atoms with E-state index in [-0.39, 0.29) is 5.41 Å². The number of benzene rings is 2. The molecule has 3 aromatic rings. The summed E-state index contributed by atoms with van der Waals surface area (Å²) in [5.41, 5.74) is 3.70. The van der Waals surface area contributed by atoms with E-state index in [1.54, 1.807) is 0 Å². The van der Waals surface area contributed by atoms with Crippen LogP contribution in [0.1, 0.15) is 37.8 Å². The van der Waals surface area contributed by atoms with Gasteiger partial charge in [0.2, 0.25) is 11.8 Å². The van der Waals surface area contributed by atoms with Crippen molar-refractivity contribution >= 4 is 0 Å². The molecule has 0 amide bonds. The van der Waals surface area contributed by atoms with E-state index < -0.39 is 0 Å². The van der Waals surface area contributed by atoms with Crippen molar-refractivity contribution in [1.82, 2.24) is 15.5 Å². The van der Waals surface area contributed by atoms with Crippen LogP contribution in [0.15, 0.2) is 59.0 Å². The summed E-state index contributed by atoms with van der Waals surface area (Å²) in [6.45, 7) is 8.07. The lowest BCUT2D eigenvalue weighted by atomic mass is 9.87. The molecule has 0 aliphatic heterocycles. The Hall–Kier alpha value is -2.46. The van der Waals surface area contributed by atoms with Crippen LogP contribution in [0.2, 0.25) is 0 Å². The molecule has 0 atom stereocenters. The van der Waals surface area contributed by atoms with Crippen molar-refractivity contribution < 1.29 is 4.42 Å². The van der Waals surface area contributed by atoms with Crippen molar-refractivity contribution in [2.45, 2.75) is 39.2 Å². The summed E-state index contributed by atoms with van der Waals surface area (Å²) >= 11 is 0. The fraction of sp³-hybridized carbons (Fsp3) is 0.333. The number of nitrogens with zero attached hydrogens (tertiary/aromatic N) is 2. The van der Waals surface area contributed by atoms with Crippen molar-refractivity contribution in [1.29, 1.82) is 0 Å². The Kier molecular flexibility index (Phi) is 5.29. The van der Waals surface area contributed by atoms with E-state index in [0.29, 0.717) is 18.3 Å². The number of hydrogen-bond acceptors (Lipinski definition) is 4. The first-order valence-electron chi connectivity index (χ1n) is 8.70. The normalized spacial score (nSPS) is 11.6. The van der Waals surface area contributed by atoms with Crippen LogP contribution in [0.25, 0.3) is 11.5 Å². The predicted octanol–water partition coefficient (Wildman–Crippen LogP) is 4.37. The summed E-state index contributed by atoms with van der Waals surface area (Å²) < 4.78 is 5.76. The highest BCUT2D eigenvalue weighted by molar-refractivity contribution is 5.53. The first kappa shape index (κ1) is 17.4. The van der Waals surface area contributed by atoms with E-state index in [1.807, 2.05) is 18.2 Å². The molecule has 4 heteroatoms. The van der Waals surface area contributed by atoms with Crippen LogP contribution in [0.3, 0.4) is 0 Å². The highest BCUT2D eigenvalue weighted by atomic mass is 16.4. The molecule has 130 valence electrons. The second-order valence-corrected chi connectivity index (χ2v) is 7.24. The molecule has 1 N–H and O–H groups in total. The Labute approximate surface area is 149 Å². The fourth-order valence-corrected chi connectivity index (χ4v) is 2.63. The molecule has 0 aliphatic rings. The zero-order valence-corrected chi connectivity index (χ0v) is 15.1. The van der Waals surface area contributed by atoms with E-state index in [0.717, 1.165) is 18.5 Å². The smallest absolute Gasteiger partial charge is 0.247 e. The van der Waals surface area contributed by atoms with Crippen molar-refractivity contribution in [3.05, 3.63) is 71.6 Å². The minimum Gasteiger partial charge on any atom is -0.419 e. The lowest BCUT2D eigenvalue weighted by molar-refractivity contribution is 0.478. The summed E-state index contributed by atoms with van der Waals surface area (Å²) in [6.07, 6.45) is 0.982. The molecule has 3 rings (SSSR count). The van der Waals surface area contributed by atoms with E-state index in [2.05, 4.69) is 72.7 Å². The first-order valence-corrected chi connectivity index (χ1v) is 8.70. The topological polar surface area (TPSA) is 51.0 Å². The second-order valence-electron chi connectivity index (χ2n) is 7.24. The Morgan fingerprint density at radius 2 is 1.64 bits per heavy atom. The van der Waals surface area contributed by atoms with Crippen LogP contribution < -0.4 is 5.32 Å². The van der Waals surface area contributed by atoms with Gasteiger partial charge in [-0.25, -0.2) is 0 Å². The maximum Gasteiger partial charge on any atom is 0.247 e. The van der Waals surface area contributed by atoms with Gasteiger partial charge in [-0.05, 0) is 41.6 Å². The minimum absolute atomic E-state index is 0.140. The highest BCUT2D eigenvalue weighted by Crippen LogP contribution is 2.25. The number of rotatable bonds is 6. The molecular weight excluding hydrogens is 310 g/mol. The molecule has 0 saturated heterocycles. The van der Waals surface area contributed by atoms with E-state index in [9.17, 15) is 0 Å². The zero-order chi connectivity index (χ0) is 17.7. The lowest BCUT2D eigenvalue weighted by Gasteiger charge is -2.18. The van der Waals surface area contributed by atoms with Crippen LogP contribution in [-0.2, 0) is 18.4 Å². The van der Waals surface area contributed by atoms with Crippen LogP contribution >= 0.6 is 0 Å². The van der Waals surface area contributed by atoms with Crippen molar-refractivity contribution in [3.8, 4) is 11.5 Å². The van der Waals surface area contributed by atoms with E-state index in [4.69, 9.17) is 4.42 Å². The summed E-state index contributed by atoms with van der Waals surface area (Å²) in [5.74, 6) is 1.18. The first-order chi connectivity index (χ1) is 12.0. The van der Waals surface area contributed by atoms with Gasteiger partial charge in [-0.2, -0.15) is 0 Å². The zero-order valence-electron chi connectivity index (χ0n) is 15.1. The van der Waals surface area contributed by atoms with Gasteiger partial charge in [0, 0.05) is 5.56 Å². The van der Waals surface area contributed by atoms with Crippen LogP contribution in [-0.4, -0.2) is 16.7 Å². The van der Waals surface area contributed by atoms with Crippen molar-refractivity contribution in [3.63, 3.8) is 0 Å². The maximum atomic E-state index is 5.76. The van der Waals surface area contributed by atoms with Gasteiger partial charge in [0.05, 0.1) is 6.54 Å². The van der Waals surface area contributed by atoms with Crippen LogP contribution in [0.5, 0.6) is 0 Å². The third kappa shape index (κ3) is 4.77. The molecule has 0 radical (unpaired) electrons. The fourth-order valence-electron chi connectivity index (χ4n) is 2.63. The van der Waals surface area contributed by atoms with Gasteiger partial charge < -0.3 is 9.73 Å². The third-order valence-corrected chi connectivity index (χ3v) is 4.17. The second kappa shape index (κ2) is 7.62. The maximum absolute atomic E-state index is 5.76. The molecule has 1 aromatic heterocycles. The summed E-state index contributed by atoms with van der Waals surface area (Å²) in [7, 11) is 0. The highest BCUT2D eigenvalue weighted by Gasteiger charge is 2.14. The summed E-state index contributed by atoms with van der Waals surface area (Å²) in [4.78, 5) is 0. The molecule has 0 fully saturated rings. The molecule has 0 aliphatic carbocycles. The number of nitrogens with one attached hydrogen (secondary N) is 1. The van der Waals surface area contributed by atoms with Crippen LogP contribution in [0, 0.1) is 0 Å². The van der Waals surface area contributed by atoms with Crippen LogP contribution in [0.4, 0.5) is 0 Å². The standard InChI is InChI=1S/C21H25N3O/c1-21(2,3)18-11-9-17(10-12-18)20-24-23-19(25-20)15-22-14-13-16-7-5-4-6-8-16/h4-12,22H,13-15H2,1-3H3. The van der Waals surface area contributed by atoms with E-state index in [1.165, 1.54) is 11.1 Å². The molecule has 4 nitrogen and oxygen atoms in total. The Morgan fingerprint density at radius 3 is 2.32 bits per heavy atom. The van der Waals surface area contributed by atoms with Crippen molar-refractivity contribution in [2.75, 3.05) is 6.54 Å². The third-order valence-electron chi connectivity index (χ3n) is 4.17. The molecule has 0 bridgehead atoms. The van der Waals surface area contributed by atoms with Gasteiger partial charge in [0.15, 0.2) is 0 Å². The molecule has 2 aromatic carbocycles. The van der Waals surface area contributed by atoms with Gasteiger partial charge in [-0.1, -0.05) is 63.2 Å². The average Bonchev–Trinajstić information content (AvgIpc) is 3.08. The Balaban J connectivity index is 1.53. The molecular formula is C21H25N3O. The molecule has 1 heterocycles. The lowest BCUT2D eigenvalue weighted by Crippen LogP contribution is -2.16. The molecule has 25 heavy (non-hydrogen) atoms. The number of aromatic nitrogens is 2. The van der Waals surface area contributed by atoms with Gasteiger partial charge in [0.1, 0.15) is 0 Å². The van der Waals surface area contributed by atoms with Gasteiger partial charge in [-0.15, -0.1) is 10.2 Å². The monoisotopic (exact) mass is 335 g/mol. The minimum atomic E-state index is 0.140. The largest absolute Gasteiger partial charge is 0.419 e. The summed E-state index contributed by atoms with van der Waals surface area (Å²) in [5, 5.41) is 11.6. The Bertz CT molecular complexity index is 786. The quantitative estimate of drug-likeness (QED) is 0.680. The Morgan fingerprint density at radius 1 is 0.920 bits per heavy atom.